The molecule has 0 aromatic carbocycles. The molecule has 0 saturated carbocycles. The molecule has 0 spiro atoms. The molecule has 8 heteroatoms. The molecule has 2 heterocycles. The van der Waals surface area contributed by atoms with Crippen LogP contribution in [0.5, 0.6) is 5.88 Å². The van der Waals surface area contributed by atoms with Gasteiger partial charge in [0.05, 0.1) is 24.8 Å². The Balaban J connectivity index is 2.71. The lowest BCUT2D eigenvalue weighted by Crippen LogP contribution is -2.26. The van der Waals surface area contributed by atoms with E-state index in [1.807, 2.05) is 0 Å². The molecule has 2 rings (SSSR count). The summed E-state index contributed by atoms with van der Waals surface area (Å²) < 4.78 is 10.4. The molecule has 0 aliphatic heterocycles. The van der Waals surface area contributed by atoms with Crippen molar-refractivity contribution in [3.63, 3.8) is 0 Å². The van der Waals surface area contributed by atoms with Gasteiger partial charge >= 0.3 is 0 Å². The van der Waals surface area contributed by atoms with E-state index in [1.165, 1.54) is 14.2 Å². The summed E-state index contributed by atoms with van der Waals surface area (Å²) in [4.78, 5) is 11.3. The van der Waals surface area contributed by atoms with Crippen LogP contribution in [0.15, 0.2) is 23.4 Å². The van der Waals surface area contributed by atoms with Crippen LogP contribution in [0, 0.1) is 0 Å². The third-order valence-corrected chi connectivity index (χ3v) is 3.29. The van der Waals surface area contributed by atoms with Crippen molar-refractivity contribution in [1.82, 2.24) is 9.97 Å². The average molecular weight is 308 g/mol. The number of pyridine rings is 2. The zero-order valence-electron chi connectivity index (χ0n) is 11.9. The van der Waals surface area contributed by atoms with E-state index < -0.39 is 5.54 Å². The lowest BCUT2D eigenvalue weighted by atomic mass is 9.98. The third kappa shape index (κ3) is 3.00. The van der Waals surface area contributed by atoms with E-state index >= 15 is 0 Å². The van der Waals surface area contributed by atoms with Crippen LogP contribution in [0.1, 0.15) is 12.6 Å². The number of rotatable bonds is 5. The Labute approximate surface area is 126 Å². The number of halogens is 1. The van der Waals surface area contributed by atoms with Crippen molar-refractivity contribution in [3.05, 3.63) is 39.6 Å². The van der Waals surface area contributed by atoms with Gasteiger partial charge in [0.15, 0.2) is 0 Å². The minimum absolute atomic E-state index is 0.192. The highest BCUT2D eigenvalue weighted by molar-refractivity contribution is 6.30. The van der Waals surface area contributed by atoms with E-state index in [1.54, 1.807) is 25.3 Å². The first-order valence-electron chi connectivity index (χ1n) is 6.10. The lowest BCUT2D eigenvalue weighted by Gasteiger charge is -2.23. The Kier molecular flexibility index (Phi) is 4.47. The zero-order valence-corrected chi connectivity index (χ0v) is 12.6. The Hall–Kier alpha value is -2.08. The van der Waals surface area contributed by atoms with Crippen LogP contribution < -0.4 is 4.74 Å². The zero-order chi connectivity index (χ0) is 15.5. The second-order valence-corrected chi connectivity index (χ2v) is 5.03. The topological polar surface area (TPSA) is 93.0 Å². The first-order chi connectivity index (χ1) is 10.0. The number of hydrogen-bond donors (Lipinski definition) is 0. The van der Waals surface area contributed by atoms with Gasteiger partial charge in [0, 0.05) is 18.2 Å². The standard InChI is InChI=1S/C13H14ClN5O2/c1-13(7-20-2,18-19-15)10-4-8-5-11(14)16-6-9(8)12(17-10)21-3/h4-6H,7H2,1-3H3. The van der Waals surface area contributed by atoms with Gasteiger partial charge in [0.2, 0.25) is 5.88 Å². The van der Waals surface area contributed by atoms with Gasteiger partial charge in [-0.1, -0.05) is 16.7 Å². The van der Waals surface area contributed by atoms with Gasteiger partial charge in [-0.25, -0.2) is 9.97 Å². The minimum Gasteiger partial charge on any atom is -0.480 e. The summed E-state index contributed by atoms with van der Waals surface area (Å²) in [5.41, 5.74) is 8.38. The summed E-state index contributed by atoms with van der Waals surface area (Å²) in [7, 11) is 3.05. The fourth-order valence-corrected chi connectivity index (χ4v) is 2.22. The quantitative estimate of drug-likeness (QED) is 0.366. The van der Waals surface area contributed by atoms with E-state index in [9.17, 15) is 0 Å². The molecule has 1 unspecified atom stereocenters. The number of azide groups is 1. The number of fused-ring (bicyclic) bond motifs is 1. The smallest absolute Gasteiger partial charge is 0.222 e. The van der Waals surface area contributed by atoms with Crippen LogP contribution in [0.3, 0.4) is 0 Å². The fourth-order valence-electron chi connectivity index (χ4n) is 2.06. The van der Waals surface area contributed by atoms with Crippen molar-refractivity contribution in [2.75, 3.05) is 20.8 Å². The second-order valence-electron chi connectivity index (χ2n) is 4.64. The van der Waals surface area contributed by atoms with Crippen LogP contribution in [-0.2, 0) is 10.3 Å². The van der Waals surface area contributed by atoms with Crippen LogP contribution in [0.25, 0.3) is 21.2 Å². The molecular formula is C13H14ClN5O2. The summed E-state index contributed by atoms with van der Waals surface area (Å²) in [6, 6.07) is 3.49. The van der Waals surface area contributed by atoms with Crippen molar-refractivity contribution in [1.29, 1.82) is 0 Å². The highest BCUT2D eigenvalue weighted by Crippen LogP contribution is 2.32. The Bertz CT molecular complexity index is 717. The molecule has 1 atom stereocenters. The molecule has 0 bridgehead atoms. The molecule has 0 aliphatic carbocycles. The molecule has 0 amide bonds. The normalized spacial score (nSPS) is 13.5. The molecule has 7 nitrogen and oxygen atoms in total. The number of nitrogens with zero attached hydrogens (tertiary/aromatic N) is 5. The molecule has 0 N–H and O–H groups in total. The molecule has 0 fully saturated rings. The van der Waals surface area contributed by atoms with Crippen molar-refractivity contribution in [2.45, 2.75) is 12.5 Å². The maximum Gasteiger partial charge on any atom is 0.222 e. The van der Waals surface area contributed by atoms with E-state index in [4.69, 9.17) is 26.6 Å². The van der Waals surface area contributed by atoms with Gasteiger partial charge in [0.1, 0.15) is 10.7 Å². The molecule has 2 aromatic rings. The summed E-state index contributed by atoms with van der Waals surface area (Å²) in [6.45, 7) is 1.93. The van der Waals surface area contributed by atoms with Crippen molar-refractivity contribution in [2.24, 2.45) is 5.11 Å². The van der Waals surface area contributed by atoms with E-state index in [0.29, 0.717) is 16.7 Å². The minimum atomic E-state index is -0.944. The molecule has 2 aromatic heterocycles. The van der Waals surface area contributed by atoms with Crippen LogP contribution in [0.2, 0.25) is 5.15 Å². The molecular weight excluding hydrogens is 294 g/mol. The van der Waals surface area contributed by atoms with Crippen LogP contribution in [0.4, 0.5) is 0 Å². The predicted octanol–water partition coefficient (Wildman–Crippen LogP) is 3.46. The fraction of sp³-hybridized carbons (Fsp3) is 0.385. The average Bonchev–Trinajstić information content (AvgIpc) is 2.46. The van der Waals surface area contributed by atoms with Gasteiger partial charge in [-0.2, -0.15) is 0 Å². The van der Waals surface area contributed by atoms with Crippen molar-refractivity contribution >= 4 is 22.4 Å². The monoisotopic (exact) mass is 307 g/mol. The Morgan fingerprint density at radius 2 is 2.19 bits per heavy atom. The molecule has 0 aliphatic rings. The maximum absolute atomic E-state index is 8.79. The number of ether oxygens (including phenoxy) is 2. The summed E-state index contributed by atoms with van der Waals surface area (Å²) >= 11 is 5.92. The first-order valence-corrected chi connectivity index (χ1v) is 6.48. The van der Waals surface area contributed by atoms with E-state index in [-0.39, 0.29) is 6.61 Å². The number of methoxy groups -OCH3 is 2. The van der Waals surface area contributed by atoms with Crippen LogP contribution >= 0.6 is 11.6 Å². The molecule has 0 saturated heterocycles. The van der Waals surface area contributed by atoms with Gasteiger partial charge in [-0.15, -0.1) is 0 Å². The van der Waals surface area contributed by atoms with Crippen LogP contribution in [-0.4, -0.2) is 30.8 Å². The summed E-state index contributed by atoms with van der Waals surface area (Å²) in [5.74, 6) is 0.391. The van der Waals surface area contributed by atoms with Gasteiger partial charge in [0.25, 0.3) is 0 Å². The maximum atomic E-state index is 8.79. The summed E-state index contributed by atoms with van der Waals surface area (Å²) in [5, 5.41) is 5.70. The molecule has 21 heavy (non-hydrogen) atoms. The lowest BCUT2D eigenvalue weighted by molar-refractivity contribution is 0.138. The number of aromatic nitrogens is 2. The Morgan fingerprint density at radius 1 is 1.43 bits per heavy atom. The first kappa shape index (κ1) is 15.3. The summed E-state index contributed by atoms with van der Waals surface area (Å²) in [6.07, 6.45) is 1.59. The highest BCUT2D eigenvalue weighted by atomic mass is 35.5. The molecule has 0 radical (unpaired) electrons. The van der Waals surface area contributed by atoms with E-state index in [2.05, 4.69) is 20.0 Å². The largest absolute Gasteiger partial charge is 0.480 e. The molecule has 110 valence electrons. The van der Waals surface area contributed by atoms with Gasteiger partial charge in [-0.3, -0.25) is 0 Å². The van der Waals surface area contributed by atoms with E-state index in [0.717, 1.165) is 10.8 Å². The predicted molar refractivity (Wildman–Crippen MR) is 79.5 cm³/mol. The number of hydrogen-bond acceptors (Lipinski definition) is 5. The SMILES string of the molecule is COCC(C)(N=[N+]=[N-])c1cc2cc(Cl)ncc2c(OC)n1. The van der Waals surface area contributed by atoms with Gasteiger partial charge < -0.3 is 9.47 Å². The Morgan fingerprint density at radius 3 is 2.81 bits per heavy atom. The highest BCUT2D eigenvalue weighted by Gasteiger charge is 2.28. The third-order valence-electron chi connectivity index (χ3n) is 3.08. The van der Waals surface area contributed by atoms with Gasteiger partial charge in [-0.05, 0) is 30.0 Å². The van der Waals surface area contributed by atoms with Crippen molar-refractivity contribution < 1.29 is 9.47 Å². The van der Waals surface area contributed by atoms with Crippen molar-refractivity contribution in [3.8, 4) is 5.88 Å². The second kappa shape index (κ2) is 6.13.